The normalized spacial score (nSPS) is 20.8. The molecule has 0 spiro atoms. The van der Waals surface area contributed by atoms with Gasteiger partial charge in [0.05, 0.1) is 22.6 Å². The molecule has 1 aliphatic carbocycles. The Balaban J connectivity index is 1.35. The maximum atomic E-state index is 13.8. The van der Waals surface area contributed by atoms with Crippen LogP contribution in [0.25, 0.3) is 11.0 Å². The van der Waals surface area contributed by atoms with Crippen LogP contribution >= 0.6 is 0 Å². The molecule has 0 bridgehead atoms. The summed E-state index contributed by atoms with van der Waals surface area (Å²) in [6.07, 6.45) is 4.85. The second kappa shape index (κ2) is 11.1. The minimum absolute atomic E-state index is 0.146. The van der Waals surface area contributed by atoms with Crippen molar-refractivity contribution < 1.29 is 23.4 Å². The Bertz CT molecular complexity index is 1540. The molecular weight excluding hydrogens is 528 g/mol. The Hall–Kier alpha value is -3.95. The van der Waals surface area contributed by atoms with Crippen molar-refractivity contribution in [3.05, 3.63) is 71.8 Å². The molecule has 0 amide bonds. The van der Waals surface area contributed by atoms with Crippen LogP contribution in [0, 0.1) is 5.92 Å². The van der Waals surface area contributed by atoms with E-state index in [9.17, 15) is 18.7 Å². The standard InChI is InChI=1S/C31H35F2N5O3/c1-36-14-11-22(35-36)20-41-24-9-10-27-28(18-24)38(29(34-27)25-7-2-3-8-26(25)30(39)40)19-21-5-4-6-23(17-21)37-15-12-31(32,33)13-16-37/h4-6,9-11,14,17-18,25-26H,2-3,7-8,12-13,15-16,19-20H2,1H3,(H,39,40)/t25-,26+/m0/s1. The minimum atomic E-state index is -2.60. The first-order valence-corrected chi connectivity index (χ1v) is 14.3. The van der Waals surface area contributed by atoms with E-state index in [2.05, 4.69) is 15.7 Å². The number of fused-ring (bicyclic) bond motifs is 1. The van der Waals surface area contributed by atoms with Gasteiger partial charge < -0.3 is 19.3 Å². The Morgan fingerprint density at radius 3 is 2.66 bits per heavy atom. The molecule has 10 heteroatoms. The quantitative estimate of drug-likeness (QED) is 0.284. The lowest BCUT2D eigenvalue weighted by atomic mass is 9.78. The Kier molecular flexibility index (Phi) is 7.40. The Labute approximate surface area is 237 Å². The fourth-order valence-electron chi connectivity index (χ4n) is 6.22. The number of piperidine rings is 1. The zero-order valence-corrected chi connectivity index (χ0v) is 23.2. The van der Waals surface area contributed by atoms with Crippen LogP contribution in [0.2, 0.25) is 0 Å². The average Bonchev–Trinajstić information content (AvgIpc) is 3.54. The number of ether oxygens (including phenoxy) is 1. The molecule has 2 atom stereocenters. The van der Waals surface area contributed by atoms with Gasteiger partial charge in [0.15, 0.2) is 0 Å². The van der Waals surface area contributed by atoms with Crippen molar-refractivity contribution in [2.75, 3.05) is 18.0 Å². The van der Waals surface area contributed by atoms with Gasteiger partial charge in [-0.15, -0.1) is 0 Å². The second-order valence-electron chi connectivity index (χ2n) is 11.3. The van der Waals surface area contributed by atoms with Crippen molar-refractivity contribution in [1.29, 1.82) is 0 Å². The topological polar surface area (TPSA) is 85.4 Å². The van der Waals surface area contributed by atoms with Crippen molar-refractivity contribution in [3.63, 3.8) is 0 Å². The lowest BCUT2D eigenvalue weighted by Crippen LogP contribution is -2.39. The number of aliphatic carboxylic acids is 1. The number of halogens is 2. The SMILES string of the molecule is Cn1ccc(COc2ccc3nc([C@H]4CCCC[C@H]4C(=O)O)n(Cc4cccc(N5CCC(F)(F)CC5)c4)c3c2)n1. The van der Waals surface area contributed by atoms with Crippen molar-refractivity contribution in [1.82, 2.24) is 19.3 Å². The Morgan fingerprint density at radius 2 is 1.90 bits per heavy atom. The maximum absolute atomic E-state index is 13.8. The maximum Gasteiger partial charge on any atom is 0.307 e. The lowest BCUT2D eigenvalue weighted by Gasteiger charge is -2.33. The molecule has 1 saturated heterocycles. The molecule has 0 radical (unpaired) electrons. The van der Waals surface area contributed by atoms with E-state index in [-0.39, 0.29) is 18.8 Å². The average molecular weight is 564 g/mol. The molecule has 1 aliphatic heterocycles. The number of rotatable bonds is 8. The van der Waals surface area contributed by atoms with Crippen molar-refractivity contribution in [2.24, 2.45) is 13.0 Å². The number of alkyl halides is 2. The number of nitrogens with zero attached hydrogens (tertiary/aromatic N) is 5. The Morgan fingerprint density at radius 1 is 1.10 bits per heavy atom. The van der Waals surface area contributed by atoms with Crippen LogP contribution in [0.3, 0.4) is 0 Å². The summed E-state index contributed by atoms with van der Waals surface area (Å²) in [7, 11) is 1.86. The van der Waals surface area contributed by atoms with E-state index in [1.165, 1.54) is 0 Å². The molecule has 2 aliphatic rings. The zero-order valence-electron chi connectivity index (χ0n) is 23.2. The molecule has 3 heterocycles. The van der Waals surface area contributed by atoms with Crippen molar-refractivity contribution in [3.8, 4) is 5.75 Å². The fraction of sp³-hybridized carbons (Fsp3) is 0.452. The molecule has 1 N–H and O–H groups in total. The number of hydrogen-bond donors (Lipinski definition) is 1. The van der Waals surface area contributed by atoms with Gasteiger partial charge in [-0.1, -0.05) is 25.0 Å². The highest BCUT2D eigenvalue weighted by molar-refractivity contribution is 5.79. The molecule has 0 unspecified atom stereocenters. The fourth-order valence-corrected chi connectivity index (χ4v) is 6.22. The first-order valence-electron chi connectivity index (χ1n) is 14.3. The van der Waals surface area contributed by atoms with Crippen LogP contribution in [0.4, 0.5) is 14.5 Å². The van der Waals surface area contributed by atoms with Crippen molar-refractivity contribution >= 4 is 22.7 Å². The molecule has 2 fully saturated rings. The molecule has 2 aromatic carbocycles. The molecule has 8 nitrogen and oxygen atoms in total. The van der Waals surface area contributed by atoms with E-state index in [1.54, 1.807) is 4.68 Å². The predicted octanol–water partition coefficient (Wildman–Crippen LogP) is 5.99. The molecule has 2 aromatic heterocycles. The highest BCUT2D eigenvalue weighted by Gasteiger charge is 2.36. The minimum Gasteiger partial charge on any atom is -0.487 e. The summed E-state index contributed by atoms with van der Waals surface area (Å²) in [6.45, 7) is 1.44. The number of benzene rings is 2. The van der Waals surface area contributed by atoms with Gasteiger partial charge >= 0.3 is 5.97 Å². The van der Waals surface area contributed by atoms with Gasteiger partial charge in [0.25, 0.3) is 5.92 Å². The number of imidazole rings is 1. The van der Waals surface area contributed by atoms with E-state index in [4.69, 9.17) is 9.72 Å². The van der Waals surface area contributed by atoms with Gasteiger partial charge in [0, 0.05) is 63.4 Å². The number of aryl methyl sites for hydroxylation is 1. The van der Waals surface area contributed by atoms with Gasteiger partial charge in [-0.3, -0.25) is 9.48 Å². The van der Waals surface area contributed by atoms with Gasteiger partial charge in [-0.2, -0.15) is 5.10 Å². The lowest BCUT2D eigenvalue weighted by molar-refractivity contribution is -0.143. The van der Waals surface area contributed by atoms with Crippen LogP contribution in [0.15, 0.2) is 54.7 Å². The summed E-state index contributed by atoms with van der Waals surface area (Å²) in [5.74, 6) is -2.61. The highest BCUT2D eigenvalue weighted by Crippen LogP contribution is 2.40. The summed E-state index contributed by atoms with van der Waals surface area (Å²) < 4.78 is 37.5. The van der Waals surface area contributed by atoms with E-state index < -0.39 is 17.8 Å². The summed E-state index contributed by atoms with van der Waals surface area (Å²) in [5.41, 5.74) is 4.40. The molecule has 4 aromatic rings. The molecule has 1 saturated carbocycles. The number of carboxylic acids is 1. The largest absolute Gasteiger partial charge is 0.487 e. The van der Waals surface area contributed by atoms with Gasteiger partial charge in [0.1, 0.15) is 18.2 Å². The zero-order chi connectivity index (χ0) is 28.6. The van der Waals surface area contributed by atoms with E-state index in [0.29, 0.717) is 38.4 Å². The van der Waals surface area contributed by atoms with E-state index in [1.807, 2.05) is 60.6 Å². The smallest absolute Gasteiger partial charge is 0.307 e. The summed E-state index contributed by atoms with van der Waals surface area (Å²) >= 11 is 0. The third-order valence-electron chi connectivity index (χ3n) is 8.43. The monoisotopic (exact) mass is 563 g/mol. The number of carboxylic acid groups (broad SMARTS) is 1. The van der Waals surface area contributed by atoms with E-state index >= 15 is 0 Å². The first kappa shape index (κ1) is 27.2. The molecule has 41 heavy (non-hydrogen) atoms. The summed E-state index contributed by atoms with van der Waals surface area (Å²) in [6, 6.07) is 15.7. The number of carbonyl (C=O) groups is 1. The second-order valence-corrected chi connectivity index (χ2v) is 11.3. The van der Waals surface area contributed by atoms with E-state index in [0.717, 1.165) is 53.1 Å². The van der Waals surface area contributed by atoms with Crippen LogP contribution in [0.5, 0.6) is 5.75 Å². The van der Waals surface area contributed by atoms with Gasteiger partial charge in [-0.05, 0) is 48.7 Å². The summed E-state index contributed by atoms with van der Waals surface area (Å²) in [5, 5.41) is 14.4. The van der Waals surface area contributed by atoms with Gasteiger partial charge in [0.2, 0.25) is 0 Å². The molecular formula is C31H35F2N5O3. The van der Waals surface area contributed by atoms with Crippen LogP contribution < -0.4 is 9.64 Å². The number of anilines is 1. The molecule has 216 valence electrons. The third kappa shape index (κ3) is 5.92. The van der Waals surface area contributed by atoms with Crippen LogP contribution in [0.1, 0.15) is 61.5 Å². The number of hydrogen-bond acceptors (Lipinski definition) is 5. The molecule has 6 rings (SSSR count). The van der Waals surface area contributed by atoms with Crippen molar-refractivity contribution in [2.45, 2.75) is 63.5 Å². The summed E-state index contributed by atoms with van der Waals surface area (Å²) in [4.78, 5) is 19.2. The highest BCUT2D eigenvalue weighted by atomic mass is 19.3. The predicted molar refractivity (Wildman–Crippen MR) is 152 cm³/mol. The van der Waals surface area contributed by atoms with Crippen LogP contribution in [-0.2, 0) is 25.0 Å². The first-order chi connectivity index (χ1) is 19.8. The van der Waals surface area contributed by atoms with Gasteiger partial charge in [-0.25, -0.2) is 13.8 Å². The third-order valence-corrected chi connectivity index (χ3v) is 8.43. The number of aromatic nitrogens is 4. The van der Waals surface area contributed by atoms with Crippen LogP contribution in [-0.4, -0.2) is 49.4 Å².